The molecule has 8 heavy (non-hydrogen) atoms. The number of rotatable bonds is 0. The number of hydrogen-bond donors (Lipinski definition) is 0. The summed E-state index contributed by atoms with van der Waals surface area (Å²) in [6.07, 6.45) is 1.46. The second-order valence-corrected chi connectivity index (χ2v) is 2.74. The average Bonchev–Trinajstić information content (AvgIpc) is 2.14. The van der Waals surface area contributed by atoms with Crippen molar-refractivity contribution < 1.29 is 0 Å². The highest BCUT2D eigenvalue weighted by molar-refractivity contribution is 7.16. The summed E-state index contributed by atoms with van der Waals surface area (Å²) in [6.45, 7) is 0. The Morgan fingerprint density at radius 2 is 2.62 bits per heavy atom. The Labute approximate surface area is 55.4 Å². The zero-order chi connectivity index (χ0) is 5.98. The predicted octanol–water partition coefficient (Wildman–Crippen LogP) is 1.67. The molecule has 0 N–H and O–H groups in total. The first-order chi connectivity index (χ1) is 3.83. The fourth-order valence-corrected chi connectivity index (χ4v) is 1.02. The molecule has 1 aromatic rings. The van der Waals surface area contributed by atoms with Crippen molar-refractivity contribution in [2.75, 3.05) is 0 Å². The van der Waals surface area contributed by atoms with Crippen molar-refractivity contribution in [2.45, 2.75) is 0 Å². The second-order valence-electron chi connectivity index (χ2n) is 1.08. The van der Waals surface area contributed by atoms with Gasteiger partial charge >= 0.3 is 0 Å². The maximum atomic E-state index is 8.19. The molecule has 0 saturated heterocycles. The van der Waals surface area contributed by atoms with Crippen molar-refractivity contribution in [1.82, 2.24) is 4.98 Å². The van der Waals surface area contributed by atoms with Crippen LogP contribution in [0.5, 0.6) is 0 Å². The Morgan fingerprint density at radius 3 is 2.88 bits per heavy atom. The van der Waals surface area contributed by atoms with Gasteiger partial charge in [0.2, 0.25) is 0 Å². The fourth-order valence-electron chi connectivity index (χ4n) is 0.306. The van der Waals surface area contributed by atoms with Crippen LogP contribution in [0.4, 0.5) is 0 Å². The summed E-state index contributed by atoms with van der Waals surface area (Å²) < 4.78 is 0.557. The van der Waals surface area contributed by atoms with E-state index in [0.29, 0.717) is 9.34 Å². The van der Waals surface area contributed by atoms with Crippen LogP contribution in [0.2, 0.25) is 4.34 Å². The van der Waals surface area contributed by atoms with Crippen molar-refractivity contribution in [3.63, 3.8) is 0 Å². The van der Waals surface area contributed by atoms with Crippen LogP contribution in [-0.4, -0.2) is 4.98 Å². The largest absolute Gasteiger partial charge is 0.233 e. The molecule has 0 aliphatic carbocycles. The van der Waals surface area contributed by atoms with E-state index in [1.807, 2.05) is 6.07 Å². The molecule has 40 valence electrons. The summed E-state index contributed by atoms with van der Waals surface area (Å²) >= 11 is 6.63. The van der Waals surface area contributed by atoms with Gasteiger partial charge in [0, 0.05) is 0 Å². The highest BCUT2D eigenvalue weighted by Gasteiger charge is 1.93. The Morgan fingerprint density at radius 1 is 1.88 bits per heavy atom. The number of hydrogen-bond acceptors (Lipinski definition) is 3. The quantitative estimate of drug-likeness (QED) is 0.556. The van der Waals surface area contributed by atoms with Gasteiger partial charge in [-0.3, -0.25) is 0 Å². The topological polar surface area (TPSA) is 36.7 Å². The lowest BCUT2D eigenvalue weighted by atomic mass is 10.8. The van der Waals surface area contributed by atoms with Gasteiger partial charge in [0.05, 0.1) is 6.20 Å². The van der Waals surface area contributed by atoms with E-state index in [1.165, 1.54) is 17.5 Å². The monoisotopic (exact) mass is 144 g/mol. The van der Waals surface area contributed by atoms with Gasteiger partial charge < -0.3 is 0 Å². The van der Waals surface area contributed by atoms with E-state index in [1.54, 1.807) is 0 Å². The highest BCUT2D eigenvalue weighted by atomic mass is 35.5. The van der Waals surface area contributed by atoms with Crippen molar-refractivity contribution in [3.8, 4) is 6.07 Å². The summed E-state index contributed by atoms with van der Waals surface area (Å²) in [6, 6.07) is 1.87. The van der Waals surface area contributed by atoms with Gasteiger partial charge in [0.1, 0.15) is 10.4 Å². The minimum atomic E-state index is 0.412. The van der Waals surface area contributed by atoms with Crippen LogP contribution in [0.1, 0.15) is 5.01 Å². The SMILES string of the molecule is N#Cc1ncc(Cl)s1. The summed E-state index contributed by atoms with van der Waals surface area (Å²) in [7, 11) is 0. The molecule has 0 aliphatic heterocycles. The minimum absolute atomic E-state index is 0.412. The molecule has 0 saturated carbocycles. The summed E-state index contributed by atoms with van der Waals surface area (Å²) in [4.78, 5) is 3.66. The van der Waals surface area contributed by atoms with E-state index in [4.69, 9.17) is 16.9 Å². The Bertz CT molecular complexity index is 224. The van der Waals surface area contributed by atoms with E-state index in [2.05, 4.69) is 4.98 Å². The summed E-state index contributed by atoms with van der Waals surface area (Å²) in [5.74, 6) is 0. The number of thiazole rings is 1. The molecular formula is C4HClN2S. The Balaban J connectivity index is 3.05. The van der Waals surface area contributed by atoms with E-state index in [0.717, 1.165) is 0 Å². The normalized spacial score (nSPS) is 8.50. The third kappa shape index (κ3) is 0.971. The minimum Gasteiger partial charge on any atom is -0.233 e. The molecule has 4 heteroatoms. The second kappa shape index (κ2) is 2.12. The molecule has 1 heterocycles. The van der Waals surface area contributed by atoms with Crippen LogP contribution in [0.15, 0.2) is 6.20 Å². The number of aromatic nitrogens is 1. The molecule has 0 spiro atoms. The first-order valence-corrected chi connectivity index (χ1v) is 3.04. The maximum absolute atomic E-state index is 8.19. The van der Waals surface area contributed by atoms with Crippen molar-refractivity contribution in [3.05, 3.63) is 15.5 Å². The van der Waals surface area contributed by atoms with E-state index in [9.17, 15) is 0 Å². The molecule has 0 radical (unpaired) electrons. The van der Waals surface area contributed by atoms with Crippen molar-refractivity contribution in [1.29, 1.82) is 5.26 Å². The van der Waals surface area contributed by atoms with Gasteiger partial charge in [-0.05, 0) is 0 Å². The van der Waals surface area contributed by atoms with Crippen LogP contribution in [0, 0.1) is 11.3 Å². The third-order valence-electron chi connectivity index (χ3n) is 0.573. The van der Waals surface area contributed by atoms with E-state index < -0.39 is 0 Å². The lowest BCUT2D eigenvalue weighted by Gasteiger charge is -1.64. The van der Waals surface area contributed by atoms with E-state index in [-0.39, 0.29) is 0 Å². The first-order valence-electron chi connectivity index (χ1n) is 1.84. The Hall–Kier alpha value is -0.590. The molecule has 0 amide bonds. The molecule has 0 bridgehead atoms. The summed E-state index contributed by atoms with van der Waals surface area (Å²) in [5, 5.41) is 8.60. The van der Waals surface area contributed by atoms with E-state index >= 15 is 0 Å². The van der Waals surface area contributed by atoms with Crippen LogP contribution in [0.25, 0.3) is 0 Å². The van der Waals surface area contributed by atoms with Crippen LogP contribution >= 0.6 is 22.9 Å². The number of halogens is 1. The lowest BCUT2D eigenvalue weighted by Crippen LogP contribution is -1.61. The van der Waals surface area contributed by atoms with Crippen LogP contribution in [0.3, 0.4) is 0 Å². The molecule has 0 atom stereocenters. The fraction of sp³-hybridized carbons (Fsp3) is 0. The van der Waals surface area contributed by atoms with Crippen molar-refractivity contribution in [2.24, 2.45) is 0 Å². The van der Waals surface area contributed by atoms with Gasteiger partial charge in [-0.1, -0.05) is 22.9 Å². The van der Waals surface area contributed by atoms with Gasteiger partial charge in [0.15, 0.2) is 5.01 Å². The van der Waals surface area contributed by atoms with Gasteiger partial charge in [0.25, 0.3) is 0 Å². The van der Waals surface area contributed by atoms with Gasteiger partial charge in [-0.15, -0.1) is 0 Å². The van der Waals surface area contributed by atoms with Crippen LogP contribution < -0.4 is 0 Å². The Kier molecular flexibility index (Phi) is 1.47. The smallest absolute Gasteiger partial charge is 0.195 e. The third-order valence-corrected chi connectivity index (χ3v) is 1.59. The average molecular weight is 145 g/mol. The summed E-state index contributed by atoms with van der Waals surface area (Å²) in [5.41, 5.74) is 0. The molecule has 0 unspecified atom stereocenters. The standard InChI is InChI=1S/C4HClN2S/c5-3-2-7-4(1-6)8-3/h2H. The zero-order valence-electron chi connectivity index (χ0n) is 3.76. The molecule has 0 aliphatic rings. The molecule has 2 nitrogen and oxygen atoms in total. The lowest BCUT2D eigenvalue weighted by molar-refractivity contribution is 1.35. The molecule has 1 rings (SSSR count). The highest BCUT2D eigenvalue weighted by Crippen LogP contribution is 2.16. The number of nitrogens with zero attached hydrogens (tertiary/aromatic N) is 2. The van der Waals surface area contributed by atoms with Gasteiger partial charge in [-0.2, -0.15) is 5.26 Å². The van der Waals surface area contributed by atoms with Gasteiger partial charge in [-0.25, -0.2) is 4.98 Å². The first kappa shape index (κ1) is 5.54. The van der Waals surface area contributed by atoms with Crippen LogP contribution in [-0.2, 0) is 0 Å². The molecule has 0 aromatic carbocycles. The predicted molar refractivity (Wildman–Crippen MR) is 31.8 cm³/mol. The maximum Gasteiger partial charge on any atom is 0.195 e. The number of nitriles is 1. The molecule has 1 aromatic heterocycles. The van der Waals surface area contributed by atoms with Crippen molar-refractivity contribution >= 4 is 22.9 Å². The molecular weight excluding hydrogens is 144 g/mol. The zero-order valence-corrected chi connectivity index (χ0v) is 5.33. The molecule has 0 fully saturated rings.